The number of hydrogen-bond donors (Lipinski definition) is 1. The van der Waals surface area contributed by atoms with Crippen molar-refractivity contribution in [2.24, 2.45) is 0 Å². The molecule has 0 saturated carbocycles. The number of anilines is 1. The van der Waals surface area contributed by atoms with Crippen LogP contribution < -0.4 is 4.90 Å². The second kappa shape index (κ2) is 8.70. The van der Waals surface area contributed by atoms with Gasteiger partial charge in [-0.25, -0.2) is 13.4 Å². The van der Waals surface area contributed by atoms with E-state index in [1.54, 1.807) is 31.7 Å². The third kappa shape index (κ3) is 4.88. The highest BCUT2D eigenvalue weighted by Crippen LogP contribution is 2.32. The minimum atomic E-state index is -4.48. The van der Waals surface area contributed by atoms with E-state index in [1.807, 2.05) is 0 Å². The Morgan fingerprint density at radius 3 is 2.41 bits per heavy atom. The lowest BCUT2D eigenvalue weighted by Gasteiger charge is -2.44. The highest BCUT2D eigenvalue weighted by atomic mass is 32.2. The summed E-state index contributed by atoms with van der Waals surface area (Å²) in [5, 5.41) is 9.04. The van der Waals surface area contributed by atoms with Crippen LogP contribution in [0.1, 0.15) is 30.5 Å². The molecule has 0 amide bonds. The molecule has 7 nitrogen and oxygen atoms in total. The van der Waals surface area contributed by atoms with Crippen LogP contribution in [0.4, 0.5) is 19.0 Å². The van der Waals surface area contributed by atoms with Gasteiger partial charge in [0.2, 0.25) is 10.0 Å². The standard InChI is InChI=1S/C21H24F3N3O4S/c1-13-8-16(11-20(28)29)10-18(9-13)32(30,31)27-7-6-26(14(2)15(27)3)19-5-4-17(12-25-19)21(22,23)24/h4-5,8-10,12,14-15H,6-7,11H2,1-3H3,(H,28,29)/t14-,15+/m1/s1. The van der Waals surface area contributed by atoms with Gasteiger partial charge in [0.1, 0.15) is 5.82 Å². The first-order chi connectivity index (χ1) is 14.8. The van der Waals surface area contributed by atoms with Crippen LogP contribution in [0.15, 0.2) is 41.4 Å². The maximum Gasteiger partial charge on any atom is 0.417 e. The number of halogens is 3. The van der Waals surface area contributed by atoms with E-state index in [2.05, 4.69) is 4.98 Å². The largest absolute Gasteiger partial charge is 0.481 e. The van der Waals surface area contributed by atoms with Crippen molar-refractivity contribution in [3.05, 3.63) is 53.2 Å². The first kappa shape index (κ1) is 24.0. The third-order valence-electron chi connectivity index (χ3n) is 5.65. The normalized spacial score (nSPS) is 20.4. The molecule has 1 N–H and O–H groups in total. The van der Waals surface area contributed by atoms with Crippen LogP contribution in [-0.2, 0) is 27.4 Å². The molecule has 174 valence electrons. The molecule has 1 saturated heterocycles. The zero-order valence-corrected chi connectivity index (χ0v) is 18.6. The van der Waals surface area contributed by atoms with E-state index >= 15 is 0 Å². The predicted octanol–water partition coefficient (Wildman–Crippen LogP) is 3.32. The maximum absolute atomic E-state index is 13.4. The van der Waals surface area contributed by atoms with Gasteiger partial charge in [0.05, 0.1) is 16.9 Å². The van der Waals surface area contributed by atoms with Gasteiger partial charge in [0.15, 0.2) is 0 Å². The molecule has 1 aromatic carbocycles. The van der Waals surface area contributed by atoms with Crippen molar-refractivity contribution in [1.82, 2.24) is 9.29 Å². The number of hydrogen-bond acceptors (Lipinski definition) is 5. The van der Waals surface area contributed by atoms with Crippen LogP contribution in [0, 0.1) is 6.92 Å². The number of pyridine rings is 1. The number of aliphatic carboxylic acids is 1. The molecule has 1 aliphatic heterocycles. The molecule has 1 aliphatic rings. The SMILES string of the molecule is Cc1cc(CC(=O)O)cc(S(=O)(=O)N2CCN(c3ccc(C(F)(F)F)cn3)[C@H](C)[C@@H]2C)c1. The smallest absolute Gasteiger partial charge is 0.417 e. The van der Waals surface area contributed by atoms with Crippen LogP contribution in [0.2, 0.25) is 0 Å². The average molecular weight is 472 g/mol. The predicted molar refractivity (Wildman–Crippen MR) is 112 cm³/mol. The molecule has 2 aromatic rings. The minimum absolute atomic E-state index is 0.0221. The Morgan fingerprint density at radius 2 is 1.84 bits per heavy atom. The van der Waals surface area contributed by atoms with Crippen molar-refractivity contribution < 1.29 is 31.5 Å². The van der Waals surface area contributed by atoms with Gasteiger partial charge in [-0.05, 0) is 56.2 Å². The number of piperazine rings is 1. The van der Waals surface area contributed by atoms with E-state index in [0.29, 0.717) is 16.9 Å². The number of alkyl halides is 3. The fourth-order valence-corrected chi connectivity index (χ4v) is 5.73. The fraction of sp³-hybridized carbons (Fsp3) is 0.429. The Balaban J connectivity index is 1.85. The van der Waals surface area contributed by atoms with Crippen molar-refractivity contribution in [3.63, 3.8) is 0 Å². The number of carboxylic acids is 1. The number of sulfonamides is 1. The highest BCUT2D eigenvalue weighted by molar-refractivity contribution is 7.89. The molecule has 2 heterocycles. The molecule has 1 fully saturated rings. The second-order valence-electron chi connectivity index (χ2n) is 7.92. The summed E-state index contributed by atoms with van der Waals surface area (Å²) in [5.41, 5.74) is 0.180. The summed E-state index contributed by atoms with van der Waals surface area (Å²) in [4.78, 5) is 16.8. The molecule has 2 atom stereocenters. The summed E-state index contributed by atoms with van der Waals surface area (Å²) in [6, 6.07) is 5.90. The lowest BCUT2D eigenvalue weighted by molar-refractivity contribution is -0.138. The molecule has 32 heavy (non-hydrogen) atoms. The first-order valence-electron chi connectivity index (χ1n) is 9.95. The number of aryl methyl sites for hydroxylation is 1. The van der Waals surface area contributed by atoms with Crippen LogP contribution in [0.3, 0.4) is 0 Å². The zero-order valence-electron chi connectivity index (χ0n) is 17.8. The lowest BCUT2D eigenvalue weighted by atomic mass is 10.1. The molecular weight excluding hydrogens is 447 g/mol. The monoisotopic (exact) mass is 471 g/mol. The molecule has 0 bridgehead atoms. The fourth-order valence-electron chi connectivity index (χ4n) is 3.89. The van der Waals surface area contributed by atoms with E-state index in [4.69, 9.17) is 5.11 Å². The number of carboxylic acid groups (broad SMARTS) is 1. The number of benzene rings is 1. The zero-order chi connectivity index (χ0) is 23.8. The van der Waals surface area contributed by atoms with Gasteiger partial charge in [0.25, 0.3) is 0 Å². The lowest BCUT2D eigenvalue weighted by Crippen LogP contribution is -2.59. The molecule has 0 spiro atoms. The van der Waals surface area contributed by atoms with E-state index in [1.165, 1.54) is 22.5 Å². The number of aromatic nitrogens is 1. The summed E-state index contributed by atoms with van der Waals surface area (Å²) < 4.78 is 66.5. The summed E-state index contributed by atoms with van der Waals surface area (Å²) in [7, 11) is -3.91. The third-order valence-corrected chi connectivity index (χ3v) is 7.61. The number of nitrogens with zero attached hydrogens (tertiary/aromatic N) is 3. The van der Waals surface area contributed by atoms with Crippen LogP contribution >= 0.6 is 0 Å². The Morgan fingerprint density at radius 1 is 1.16 bits per heavy atom. The van der Waals surface area contributed by atoms with Crippen LogP contribution in [-0.4, -0.2) is 54.0 Å². The topological polar surface area (TPSA) is 90.8 Å². The van der Waals surface area contributed by atoms with Crippen molar-refractivity contribution in [3.8, 4) is 0 Å². The quantitative estimate of drug-likeness (QED) is 0.720. The van der Waals surface area contributed by atoms with Crippen LogP contribution in [0.25, 0.3) is 0 Å². The average Bonchev–Trinajstić information content (AvgIpc) is 2.68. The maximum atomic E-state index is 13.4. The minimum Gasteiger partial charge on any atom is -0.481 e. The molecule has 1 aromatic heterocycles. The first-order valence-corrected chi connectivity index (χ1v) is 11.4. The molecule has 0 unspecified atom stereocenters. The van der Waals surface area contributed by atoms with Crippen molar-refractivity contribution in [1.29, 1.82) is 0 Å². The summed E-state index contributed by atoms with van der Waals surface area (Å²) >= 11 is 0. The van der Waals surface area contributed by atoms with Gasteiger partial charge in [-0.2, -0.15) is 17.5 Å². The Kier molecular flexibility index (Phi) is 6.52. The van der Waals surface area contributed by atoms with Gasteiger partial charge < -0.3 is 10.0 Å². The van der Waals surface area contributed by atoms with Crippen molar-refractivity contribution in [2.75, 3.05) is 18.0 Å². The van der Waals surface area contributed by atoms with Gasteiger partial charge in [-0.15, -0.1) is 0 Å². The summed E-state index contributed by atoms with van der Waals surface area (Å²) in [6.07, 6.45) is -4.00. The van der Waals surface area contributed by atoms with Gasteiger partial charge >= 0.3 is 12.1 Å². The number of rotatable bonds is 5. The van der Waals surface area contributed by atoms with Gasteiger partial charge in [-0.1, -0.05) is 6.07 Å². The van der Waals surface area contributed by atoms with E-state index in [0.717, 1.165) is 12.3 Å². The highest BCUT2D eigenvalue weighted by Gasteiger charge is 2.39. The molecule has 0 aliphatic carbocycles. The molecule has 3 rings (SSSR count). The number of carbonyl (C=O) groups is 1. The Bertz CT molecular complexity index is 1100. The van der Waals surface area contributed by atoms with E-state index < -0.39 is 33.8 Å². The molecule has 0 radical (unpaired) electrons. The molecular formula is C21H24F3N3O4S. The Hall–Kier alpha value is -2.66. The van der Waals surface area contributed by atoms with Crippen molar-refractivity contribution >= 4 is 21.8 Å². The van der Waals surface area contributed by atoms with E-state index in [-0.39, 0.29) is 30.4 Å². The second-order valence-corrected chi connectivity index (χ2v) is 9.81. The Labute approximate surface area is 184 Å². The van der Waals surface area contributed by atoms with Crippen LogP contribution in [0.5, 0.6) is 0 Å². The van der Waals surface area contributed by atoms with Gasteiger partial charge in [-0.3, -0.25) is 4.79 Å². The van der Waals surface area contributed by atoms with Gasteiger partial charge in [0, 0.05) is 31.4 Å². The molecule has 11 heteroatoms. The summed E-state index contributed by atoms with van der Waals surface area (Å²) in [6.45, 7) is 5.57. The van der Waals surface area contributed by atoms with Crippen molar-refractivity contribution in [2.45, 2.75) is 50.3 Å². The summed E-state index contributed by atoms with van der Waals surface area (Å²) in [5.74, 6) is -0.715. The van der Waals surface area contributed by atoms with E-state index in [9.17, 15) is 26.4 Å².